The first-order valence-corrected chi connectivity index (χ1v) is 9.78. The molecular weight excluding hydrogens is 376 g/mol. The van der Waals surface area contributed by atoms with Crippen LogP contribution in [0.15, 0.2) is 51.9 Å². The average Bonchev–Trinajstić information content (AvgIpc) is 3.35. The predicted octanol–water partition coefficient (Wildman–Crippen LogP) is 3.62. The number of nitrogens with zero attached hydrogens (tertiary/aromatic N) is 2. The first-order chi connectivity index (χ1) is 12.9. The van der Waals surface area contributed by atoms with E-state index in [9.17, 15) is 17.2 Å². The molecule has 0 bridgehead atoms. The van der Waals surface area contributed by atoms with Crippen molar-refractivity contribution in [2.24, 2.45) is 0 Å². The zero-order valence-electron chi connectivity index (χ0n) is 14.0. The van der Waals surface area contributed by atoms with Gasteiger partial charge in [0, 0.05) is 12.0 Å². The first-order valence-electron chi connectivity index (χ1n) is 8.30. The smallest absolute Gasteiger partial charge is 0.262 e. The Balaban J connectivity index is 1.60. The molecule has 0 radical (unpaired) electrons. The number of hydrogen-bond acceptors (Lipinski definition) is 5. The van der Waals surface area contributed by atoms with Gasteiger partial charge in [-0.3, -0.25) is 4.72 Å². The summed E-state index contributed by atoms with van der Waals surface area (Å²) in [7, 11) is -4.17. The molecule has 0 amide bonds. The number of halogens is 2. The number of hydrogen-bond donors (Lipinski definition) is 1. The fraction of sp³-hybridized carbons (Fsp3) is 0.222. The van der Waals surface area contributed by atoms with E-state index in [1.165, 1.54) is 0 Å². The molecule has 1 fully saturated rings. The summed E-state index contributed by atoms with van der Waals surface area (Å²) in [6, 6.07) is 8.79. The van der Waals surface area contributed by atoms with Crippen LogP contribution in [0.1, 0.15) is 36.0 Å². The summed E-state index contributed by atoms with van der Waals surface area (Å²) in [6.07, 6.45) is 2.31. The van der Waals surface area contributed by atoms with Crippen molar-refractivity contribution >= 4 is 15.7 Å². The topological polar surface area (TPSA) is 85.1 Å². The fourth-order valence-electron chi connectivity index (χ4n) is 2.67. The Kier molecular flexibility index (Phi) is 4.39. The number of benzene rings is 2. The summed E-state index contributed by atoms with van der Waals surface area (Å²) in [5, 5.41) is 3.94. The van der Waals surface area contributed by atoms with Crippen LogP contribution in [0, 0.1) is 11.6 Å². The Bertz CT molecular complexity index is 1070. The highest BCUT2D eigenvalue weighted by atomic mass is 32.2. The van der Waals surface area contributed by atoms with Crippen molar-refractivity contribution < 1.29 is 21.7 Å². The second kappa shape index (κ2) is 6.73. The van der Waals surface area contributed by atoms with Gasteiger partial charge >= 0.3 is 0 Å². The zero-order valence-corrected chi connectivity index (χ0v) is 14.8. The van der Waals surface area contributed by atoms with Crippen LogP contribution >= 0.6 is 0 Å². The SMILES string of the molecule is O=S(=O)(Nc1ccccc1Cc1nc(C2CC2)no1)c1cc(F)cc(F)c1. The van der Waals surface area contributed by atoms with Gasteiger partial charge in [-0.2, -0.15) is 4.98 Å². The van der Waals surface area contributed by atoms with Crippen LogP contribution in [0.4, 0.5) is 14.5 Å². The van der Waals surface area contributed by atoms with Crippen molar-refractivity contribution in [2.75, 3.05) is 4.72 Å². The molecule has 140 valence electrons. The number of para-hydroxylation sites is 1. The second-order valence-electron chi connectivity index (χ2n) is 6.37. The van der Waals surface area contributed by atoms with E-state index in [4.69, 9.17) is 4.52 Å². The molecular formula is C18H15F2N3O3S. The van der Waals surface area contributed by atoms with E-state index in [1.807, 2.05) is 0 Å². The summed E-state index contributed by atoms with van der Waals surface area (Å²) in [4.78, 5) is 3.84. The third-order valence-corrected chi connectivity index (χ3v) is 5.52. The van der Waals surface area contributed by atoms with Crippen LogP contribution in [-0.2, 0) is 16.4 Å². The van der Waals surface area contributed by atoms with E-state index in [0.29, 0.717) is 29.3 Å². The summed E-state index contributed by atoms with van der Waals surface area (Å²) >= 11 is 0. The lowest BCUT2D eigenvalue weighted by atomic mass is 10.1. The molecule has 0 unspecified atom stereocenters. The van der Waals surface area contributed by atoms with Crippen LogP contribution in [0.25, 0.3) is 0 Å². The van der Waals surface area contributed by atoms with E-state index in [-0.39, 0.29) is 12.1 Å². The monoisotopic (exact) mass is 391 g/mol. The quantitative estimate of drug-likeness (QED) is 0.694. The van der Waals surface area contributed by atoms with Crippen LogP contribution in [-0.4, -0.2) is 18.6 Å². The fourth-order valence-corrected chi connectivity index (χ4v) is 3.81. The minimum atomic E-state index is -4.17. The maximum absolute atomic E-state index is 13.4. The van der Waals surface area contributed by atoms with Crippen molar-refractivity contribution in [2.45, 2.75) is 30.1 Å². The molecule has 2 aromatic carbocycles. The molecule has 1 aromatic heterocycles. The molecule has 27 heavy (non-hydrogen) atoms. The predicted molar refractivity (Wildman–Crippen MR) is 92.7 cm³/mol. The highest BCUT2D eigenvalue weighted by Crippen LogP contribution is 2.38. The average molecular weight is 391 g/mol. The second-order valence-corrected chi connectivity index (χ2v) is 8.05. The molecule has 9 heteroatoms. The Morgan fingerprint density at radius 3 is 2.52 bits per heavy atom. The minimum Gasteiger partial charge on any atom is -0.339 e. The first kappa shape index (κ1) is 17.6. The lowest BCUT2D eigenvalue weighted by Crippen LogP contribution is -2.15. The number of nitrogens with one attached hydrogen (secondary N) is 1. The molecule has 1 aliphatic rings. The van der Waals surface area contributed by atoms with Gasteiger partial charge in [0.05, 0.1) is 17.0 Å². The standard InChI is InChI=1S/C18H15F2N3O3S/c19-13-8-14(20)10-15(9-13)27(24,25)23-16-4-2-1-3-12(16)7-17-21-18(22-26-17)11-5-6-11/h1-4,8-11,23H,5-7H2. The Morgan fingerprint density at radius 2 is 1.81 bits per heavy atom. The van der Waals surface area contributed by atoms with Crippen LogP contribution in [0.3, 0.4) is 0 Å². The molecule has 0 saturated heterocycles. The lowest BCUT2D eigenvalue weighted by molar-refractivity contribution is 0.379. The number of anilines is 1. The molecule has 3 aromatic rings. The Morgan fingerprint density at radius 1 is 1.11 bits per heavy atom. The maximum Gasteiger partial charge on any atom is 0.262 e. The van der Waals surface area contributed by atoms with E-state index >= 15 is 0 Å². The third kappa shape index (κ3) is 3.97. The van der Waals surface area contributed by atoms with Crippen LogP contribution in [0.2, 0.25) is 0 Å². The van der Waals surface area contributed by atoms with Crippen LogP contribution < -0.4 is 4.72 Å². The summed E-state index contributed by atoms with van der Waals surface area (Å²) < 4.78 is 59.4. The van der Waals surface area contributed by atoms with E-state index in [1.54, 1.807) is 24.3 Å². The highest BCUT2D eigenvalue weighted by molar-refractivity contribution is 7.92. The minimum absolute atomic E-state index is 0.232. The molecule has 1 N–H and O–H groups in total. The van der Waals surface area contributed by atoms with Crippen molar-refractivity contribution in [3.8, 4) is 0 Å². The Hall–Kier alpha value is -2.81. The molecule has 1 saturated carbocycles. The van der Waals surface area contributed by atoms with E-state index in [0.717, 1.165) is 25.0 Å². The summed E-state index contributed by atoms with van der Waals surface area (Å²) in [5.41, 5.74) is 0.872. The third-order valence-electron chi connectivity index (χ3n) is 4.18. The van der Waals surface area contributed by atoms with Gasteiger partial charge in [0.25, 0.3) is 10.0 Å². The van der Waals surface area contributed by atoms with Gasteiger partial charge in [-0.25, -0.2) is 17.2 Å². The summed E-state index contributed by atoms with van der Waals surface area (Å²) in [6.45, 7) is 0. The van der Waals surface area contributed by atoms with Crippen molar-refractivity contribution in [1.29, 1.82) is 0 Å². The van der Waals surface area contributed by atoms with Crippen molar-refractivity contribution in [3.05, 3.63) is 71.4 Å². The maximum atomic E-state index is 13.4. The van der Waals surface area contributed by atoms with Crippen LogP contribution in [0.5, 0.6) is 0 Å². The largest absolute Gasteiger partial charge is 0.339 e. The van der Waals surface area contributed by atoms with Gasteiger partial charge < -0.3 is 4.52 Å². The van der Waals surface area contributed by atoms with Gasteiger partial charge in [-0.1, -0.05) is 23.4 Å². The van der Waals surface area contributed by atoms with Gasteiger partial charge in [-0.05, 0) is 36.6 Å². The van der Waals surface area contributed by atoms with Gasteiger partial charge in [0.15, 0.2) is 5.82 Å². The van der Waals surface area contributed by atoms with E-state index < -0.39 is 26.6 Å². The van der Waals surface area contributed by atoms with Crippen molar-refractivity contribution in [3.63, 3.8) is 0 Å². The molecule has 0 spiro atoms. The number of aromatic nitrogens is 2. The zero-order chi connectivity index (χ0) is 19.0. The Labute approximate surface area is 154 Å². The van der Waals surface area contributed by atoms with Gasteiger partial charge in [0.1, 0.15) is 11.6 Å². The van der Waals surface area contributed by atoms with E-state index in [2.05, 4.69) is 14.9 Å². The molecule has 6 nitrogen and oxygen atoms in total. The molecule has 1 aliphatic carbocycles. The van der Waals surface area contributed by atoms with Gasteiger partial charge in [-0.15, -0.1) is 0 Å². The normalized spacial score (nSPS) is 14.3. The van der Waals surface area contributed by atoms with Crippen molar-refractivity contribution in [1.82, 2.24) is 10.1 Å². The molecule has 4 rings (SSSR count). The molecule has 0 aliphatic heterocycles. The summed E-state index contributed by atoms with van der Waals surface area (Å²) in [5.74, 6) is -0.554. The lowest BCUT2D eigenvalue weighted by Gasteiger charge is -2.12. The highest BCUT2D eigenvalue weighted by Gasteiger charge is 2.29. The number of sulfonamides is 1. The molecule has 0 atom stereocenters. The number of rotatable bonds is 6. The van der Waals surface area contributed by atoms with Gasteiger partial charge in [0.2, 0.25) is 5.89 Å². The molecule has 1 heterocycles.